The standard InChI is InChI=1S/C22H32N6O5/c23-19-17-20(28(12-24-17)21-18(30)15(29)11-32-21)26-16(25-19)6-5-13-7-9-27(10-8-13)22(31)33-14-3-1-2-4-14/h12-15,18,21,29-30H,1-11H2,(H2,23,25,26)/t15?,18?,21-/m1/s1. The van der Waals surface area contributed by atoms with Crippen LogP contribution in [0.1, 0.15) is 57.0 Å². The number of rotatable bonds is 5. The first-order valence-corrected chi connectivity index (χ1v) is 11.9. The topological polar surface area (TPSA) is 149 Å². The van der Waals surface area contributed by atoms with E-state index in [0.29, 0.717) is 42.4 Å². The molecule has 0 spiro atoms. The van der Waals surface area contributed by atoms with Crippen LogP contribution in [0.5, 0.6) is 0 Å². The molecule has 2 aromatic heterocycles. The highest BCUT2D eigenvalue weighted by Gasteiger charge is 2.37. The van der Waals surface area contributed by atoms with Gasteiger partial charge in [-0.05, 0) is 50.9 Å². The molecule has 3 fully saturated rings. The van der Waals surface area contributed by atoms with E-state index >= 15 is 0 Å². The summed E-state index contributed by atoms with van der Waals surface area (Å²) in [6.07, 6.45) is 6.33. The summed E-state index contributed by atoms with van der Waals surface area (Å²) < 4.78 is 12.7. The monoisotopic (exact) mass is 460 g/mol. The minimum atomic E-state index is -1.06. The second-order valence-electron chi connectivity index (χ2n) is 9.39. The fourth-order valence-corrected chi connectivity index (χ4v) is 5.07. The predicted octanol–water partition coefficient (Wildman–Crippen LogP) is 1.38. The lowest BCUT2D eigenvalue weighted by Crippen LogP contribution is -2.40. The molecule has 3 atom stereocenters. The average molecular weight is 461 g/mol. The molecule has 0 aromatic carbocycles. The third kappa shape index (κ3) is 4.62. The highest BCUT2D eigenvalue weighted by molar-refractivity contribution is 5.81. The fraction of sp³-hybridized carbons (Fsp3) is 0.727. The van der Waals surface area contributed by atoms with E-state index in [1.54, 1.807) is 4.57 Å². The van der Waals surface area contributed by atoms with Crippen LogP contribution < -0.4 is 5.73 Å². The number of fused-ring (bicyclic) bond motifs is 1. The van der Waals surface area contributed by atoms with Gasteiger partial charge in [0.15, 0.2) is 17.7 Å². The summed E-state index contributed by atoms with van der Waals surface area (Å²) in [5.74, 6) is 1.37. The van der Waals surface area contributed by atoms with Gasteiger partial charge in [-0.15, -0.1) is 0 Å². The van der Waals surface area contributed by atoms with Crippen LogP contribution in [-0.4, -0.2) is 78.7 Å². The van der Waals surface area contributed by atoms with Gasteiger partial charge in [-0.1, -0.05) is 0 Å². The maximum Gasteiger partial charge on any atom is 0.410 e. The van der Waals surface area contributed by atoms with Gasteiger partial charge >= 0.3 is 6.09 Å². The predicted molar refractivity (Wildman–Crippen MR) is 118 cm³/mol. The number of anilines is 1. The molecule has 0 bridgehead atoms. The van der Waals surface area contributed by atoms with E-state index in [0.717, 1.165) is 44.9 Å². The Bertz CT molecular complexity index is 985. The molecule has 0 radical (unpaired) electrons. The van der Waals surface area contributed by atoms with Crippen molar-refractivity contribution in [3.05, 3.63) is 12.2 Å². The normalized spacial score (nSPS) is 27.0. The number of nitrogens with zero attached hydrogens (tertiary/aromatic N) is 5. The van der Waals surface area contributed by atoms with Gasteiger partial charge in [-0.25, -0.2) is 19.7 Å². The summed E-state index contributed by atoms with van der Waals surface area (Å²) in [5.41, 5.74) is 7.06. The van der Waals surface area contributed by atoms with Crippen molar-refractivity contribution in [2.24, 2.45) is 5.92 Å². The third-order valence-corrected chi connectivity index (χ3v) is 7.11. The van der Waals surface area contributed by atoms with Gasteiger partial charge in [0.25, 0.3) is 0 Å². The Hall–Kier alpha value is -2.50. The Balaban J connectivity index is 1.18. The molecule has 5 rings (SSSR count). The van der Waals surface area contributed by atoms with E-state index in [2.05, 4.69) is 15.0 Å². The third-order valence-electron chi connectivity index (χ3n) is 7.11. The number of likely N-dealkylation sites (tertiary alicyclic amines) is 1. The number of ether oxygens (including phenoxy) is 2. The van der Waals surface area contributed by atoms with Gasteiger partial charge in [-0.3, -0.25) is 4.57 Å². The van der Waals surface area contributed by atoms with Crippen LogP contribution >= 0.6 is 0 Å². The number of aryl methyl sites for hydroxylation is 1. The van der Waals surface area contributed by atoms with Crippen molar-refractivity contribution in [2.45, 2.75) is 75.9 Å². The minimum Gasteiger partial charge on any atom is -0.446 e. The number of carbonyl (C=O) groups excluding carboxylic acids is 1. The van der Waals surface area contributed by atoms with Crippen LogP contribution in [0, 0.1) is 5.92 Å². The summed E-state index contributed by atoms with van der Waals surface area (Å²) in [7, 11) is 0. The highest BCUT2D eigenvalue weighted by atomic mass is 16.6. The molecule has 2 aliphatic heterocycles. The fourth-order valence-electron chi connectivity index (χ4n) is 5.07. The highest BCUT2D eigenvalue weighted by Crippen LogP contribution is 2.29. The molecular formula is C22H32N6O5. The van der Waals surface area contributed by atoms with Gasteiger partial charge in [0.2, 0.25) is 0 Å². The molecule has 3 aliphatic rings. The molecule has 11 nitrogen and oxygen atoms in total. The second kappa shape index (κ2) is 9.40. The SMILES string of the molecule is Nc1nc(CCC2CCN(C(=O)OC3CCCC3)CC2)nc2c1ncn2[C@@H]1OCC(O)C1O. The Kier molecular flexibility index (Phi) is 6.35. The summed E-state index contributed by atoms with van der Waals surface area (Å²) in [6, 6.07) is 0. The lowest BCUT2D eigenvalue weighted by Gasteiger charge is -2.32. The number of aromatic nitrogens is 4. The summed E-state index contributed by atoms with van der Waals surface area (Å²) in [6.45, 7) is 1.47. The minimum absolute atomic E-state index is 0.0474. The van der Waals surface area contributed by atoms with Gasteiger partial charge in [0.05, 0.1) is 12.9 Å². The molecule has 4 heterocycles. The molecule has 1 saturated carbocycles. The van der Waals surface area contributed by atoms with E-state index < -0.39 is 18.4 Å². The van der Waals surface area contributed by atoms with Crippen LogP contribution in [0.4, 0.5) is 10.6 Å². The molecule has 1 aliphatic carbocycles. The van der Waals surface area contributed by atoms with Crippen LogP contribution in [0.2, 0.25) is 0 Å². The van der Waals surface area contributed by atoms with Crippen LogP contribution in [0.25, 0.3) is 11.2 Å². The molecule has 2 unspecified atom stereocenters. The number of carbonyl (C=O) groups is 1. The first kappa shape index (κ1) is 22.3. The molecule has 1 amide bonds. The molecule has 2 saturated heterocycles. The first-order chi connectivity index (χ1) is 16.0. The number of hydrogen-bond donors (Lipinski definition) is 3. The lowest BCUT2D eigenvalue weighted by molar-refractivity contribution is -0.0163. The zero-order valence-corrected chi connectivity index (χ0v) is 18.7. The number of hydrogen-bond acceptors (Lipinski definition) is 9. The van der Waals surface area contributed by atoms with Crippen molar-refractivity contribution >= 4 is 23.1 Å². The van der Waals surface area contributed by atoms with Gasteiger partial charge < -0.3 is 30.3 Å². The number of amides is 1. The van der Waals surface area contributed by atoms with Crippen LogP contribution in [0.15, 0.2) is 6.33 Å². The number of piperidine rings is 1. The Labute approximate surface area is 191 Å². The molecule has 2 aromatic rings. The van der Waals surface area contributed by atoms with Crippen molar-refractivity contribution in [3.8, 4) is 0 Å². The van der Waals surface area contributed by atoms with Gasteiger partial charge in [-0.2, -0.15) is 0 Å². The second-order valence-corrected chi connectivity index (χ2v) is 9.39. The van der Waals surface area contributed by atoms with Gasteiger partial charge in [0.1, 0.15) is 29.7 Å². The zero-order chi connectivity index (χ0) is 22.9. The molecule has 4 N–H and O–H groups in total. The summed E-state index contributed by atoms with van der Waals surface area (Å²) >= 11 is 0. The van der Waals surface area contributed by atoms with Crippen LogP contribution in [-0.2, 0) is 15.9 Å². The van der Waals surface area contributed by atoms with Crippen molar-refractivity contribution in [3.63, 3.8) is 0 Å². The average Bonchev–Trinajstić information content (AvgIpc) is 3.55. The van der Waals surface area contributed by atoms with Crippen molar-refractivity contribution in [1.29, 1.82) is 0 Å². The molecule has 33 heavy (non-hydrogen) atoms. The van der Waals surface area contributed by atoms with Crippen LogP contribution in [0.3, 0.4) is 0 Å². The van der Waals surface area contributed by atoms with E-state index in [-0.39, 0.29) is 24.6 Å². The molecule has 11 heteroatoms. The summed E-state index contributed by atoms with van der Waals surface area (Å²) in [4.78, 5) is 27.5. The number of imidazole rings is 1. The van der Waals surface area contributed by atoms with E-state index in [1.165, 1.54) is 6.33 Å². The summed E-state index contributed by atoms with van der Waals surface area (Å²) in [5, 5.41) is 20.0. The quantitative estimate of drug-likeness (QED) is 0.601. The Morgan fingerprint density at radius 3 is 2.64 bits per heavy atom. The maximum absolute atomic E-state index is 12.4. The van der Waals surface area contributed by atoms with Crippen molar-refractivity contribution < 1.29 is 24.5 Å². The lowest BCUT2D eigenvalue weighted by atomic mass is 9.92. The Morgan fingerprint density at radius 2 is 1.94 bits per heavy atom. The number of aliphatic hydroxyl groups is 2. The first-order valence-electron chi connectivity index (χ1n) is 11.9. The number of nitrogen functional groups attached to an aromatic ring is 1. The van der Waals surface area contributed by atoms with Crippen molar-refractivity contribution in [1.82, 2.24) is 24.4 Å². The molecule has 180 valence electrons. The zero-order valence-electron chi connectivity index (χ0n) is 18.7. The molecular weight excluding hydrogens is 428 g/mol. The number of aliphatic hydroxyl groups excluding tert-OH is 2. The van der Waals surface area contributed by atoms with E-state index in [9.17, 15) is 15.0 Å². The number of nitrogens with two attached hydrogens (primary N) is 1. The largest absolute Gasteiger partial charge is 0.446 e. The van der Waals surface area contributed by atoms with E-state index in [4.69, 9.17) is 15.2 Å². The van der Waals surface area contributed by atoms with Crippen molar-refractivity contribution in [2.75, 3.05) is 25.4 Å². The maximum atomic E-state index is 12.4. The Morgan fingerprint density at radius 1 is 1.18 bits per heavy atom. The van der Waals surface area contributed by atoms with Gasteiger partial charge in [0, 0.05) is 19.5 Å². The smallest absolute Gasteiger partial charge is 0.410 e. The van der Waals surface area contributed by atoms with E-state index in [1.807, 2.05) is 4.90 Å².